The molecule has 2 rings (SSSR count). The summed E-state index contributed by atoms with van der Waals surface area (Å²) in [5.74, 6) is -0.486. The molecular weight excluding hydrogens is 273 g/mol. The van der Waals surface area contributed by atoms with Gasteiger partial charge in [-0.2, -0.15) is 4.72 Å². The summed E-state index contributed by atoms with van der Waals surface area (Å²) in [6.07, 6.45) is 2.66. The van der Waals surface area contributed by atoms with Crippen molar-refractivity contribution in [2.45, 2.75) is 18.0 Å². The van der Waals surface area contributed by atoms with Gasteiger partial charge in [-0.05, 0) is 19.1 Å². The fourth-order valence-electron chi connectivity index (χ4n) is 1.59. The standard InChI is InChI=1S/C10H12FN5O2S/c1-7(9-14-13-6-16(9)2)15-19(17,18)10-8(11)4-3-5-12-10/h3-7,15H,1-2H3. The molecule has 1 unspecified atom stereocenters. The Bertz CT molecular complexity index is 685. The van der Waals surface area contributed by atoms with E-state index in [1.807, 2.05) is 0 Å². The average molecular weight is 285 g/mol. The molecule has 0 aromatic carbocycles. The van der Waals surface area contributed by atoms with Crippen LogP contribution in [0, 0.1) is 5.82 Å². The number of aryl methyl sites for hydroxylation is 1. The quantitative estimate of drug-likeness (QED) is 0.877. The third-order valence-electron chi connectivity index (χ3n) is 2.44. The van der Waals surface area contributed by atoms with Gasteiger partial charge in [-0.3, -0.25) is 0 Å². The number of hydrogen-bond donors (Lipinski definition) is 1. The average Bonchev–Trinajstić information content (AvgIpc) is 2.75. The van der Waals surface area contributed by atoms with E-state index in [0.717, 1.165) is 6.07 Å². The number of nitrogens with one attached hydrogen (secondary N) is 1. The molecule has 0 amide bonds. The fourth-order valence-corrected chi connectivity index (χ4v) is 2.80. The van der Waals surface area contributed by atoms with Gasteiger partial charge in [0.1, 0.15) is 12.2 Å². The zero-order valence-corrected chi connectivity index (χ0v) is 11.1. The van der Waals surface area contributed by atoms with Gasteiger partial charge >= 0.3 is 0 Å². The Morgan fingerprint density at radius 1 is 1.47 bits per heavy atom. The van der Waals surface area contributed by atoms with Crippen molar-refractivity contribution in [3.8, 4) is 0 Å². The molecule has 0 aliphatic heterocycles. The molecule has 102 valence electrons. The van der Waals surface area contributed by atoms with Crippen LogP contribution in [0.4, 0.5) is 4.39 Å². The van der Waals surface area contributed by atoms with Crippen molar-refractivity contribution in [1.29, 1.82) is 0 Å². The topological polar surface area (TPSA) is 89.8 Å². The molecule has 2 heterocycles. The van der Waals surface area contributed by atoms with Crippen LogP contribution in [0.25, 0.3) is 0 Å². The number of hydrogen-bond acceptors (Lipinski definition) is 5. The van der Waals surface area contributed by atoms with Crippen molar-refractivity contribution in [1.82, 2.24) is 24.5 Å². The SMILES string of the molecule is CC(NS(=O)(=O)c1ncccc1F)c1nncn1C. The summed E-state index contributed by atoms with van der Waals surface area (Å²) in [5.41, 5.74) is 0. The van der Waals surface area contributed by atoms with Crippen molar-refractivity contribution in [3.63, 3.8) is 0 Å². The predicted octanol–water partition coefficient (Wildman–Crippen LogP) is 0.389. The van der Waals surface area contributed by atoms with Crippen LogP contribution in [0.2, 0.25) is 0 Å². The van der Waals surface area contributed by atoms with E-state index >= 15 is 0 Å². The van der Waals surface area contributed by atoms with E-state index in [2.05, 4.69) is 19.9 Å². The Labute approximate surface area is 109 Å². The molecular formula is C10H12FN5O2S. The van der Waals surface area contributed by atoms with Crippen molar-refractivity contribution in [2.24, 2.45) is 7.05 Å². The lowest BCUT2D eigenvalue weighted by Crippen LogP contribution is -2.29. The molecule has 0 bridgehead atoms. The maximum Gasteiger partial charge on any atom is 0.261 e. The van der Waals surface area contributed by atoms with Gasteiger partial charge in [0.2, 0.25) is 5.03 Å². The smallest absolute Gasteiger partial charge is 0.261 e. The molecule has 9 heteroatoms. The second-order valence-electron chi connectivity index (χ2n) is 3.93. The zero-order valence-electron chi connectivity index (χ0n) is 10.3. The summed E-state index contributed by atoms with van der Waals surface area (Å²) in [5, 5.41) is 6.80. The van der Waals surface area contributed by atoms with Crippen LogP contribution in [0.3, 0.4) is 0 Å². The van der Waals surface area contributed by atoms with Crippen LogP contribution in [0.15, 0.2) is 29.7 Å². The summed E-state index contributed by atoms with van der Waals surface area (Å²) in [6, 6.07) is 1.70. The molecule has 0 radical (unpaired) electrons. The Hall–Kier alpha value is -1.87. The molecule has 0 fully saturated rings. The lowest BCUT2D eigenvalue weighted by Gasteiger charge is -2.13. The molecule has 0 saturated heterocycles. The molecule has 19 heavy (non-hydrogen) atoms. The number of rotatable bonds is 4. The van der Waals surface area contributed by atoms with E-state index in [1.165, 1.54) is 18.6 Å². The van der Waals surface area contributed by atoms with Gasteiger partial charge in [0.15, 0.2) is 5.82 Å². The van der Waals surface area contributed by atoms with Crippen molar-refractivity contribution in [3.05, 3.63) is 36.3 Å². The summed E-state index contributed by atoms with van der Waals surface area (Å²) in [7, 11) is -2.37. The number of nitrogens with zero attached hydrogens (tertiary/aromatic N) is 4. The Kier molecular flexibility index (Phi) is 3.58. The van der Waals surface area contributed by atoms with Gasteiger partial charge in [0.25, 0.3) is 10.0 Å². The minimum atomic E-state index is -4.05. The van der Waals surface area contributed by atoms with Gasteiger partial charge in [0.05, 0.1) is 6.04 Å². The van der Waals surface area contributed by atoms with E-state index in [0.29, 0.717) is 5.82 Å². The van der Waals surface area contributed by atoms with Crippen LogP contribution in [-0.4, -0.2) is 28.2 Å². The summed E-state index contributed by atoms with van der Waals surface area (Å²) in [4.78, 5) is 3.54. The van der Waals surface area contributed by atoms with Crippen molar-refractivity contribution in [2.75, 3.05) is 0 Å². The van der Waals surface area contributed by atoms with E-state index in [-0.39, 0.29) is 0 Å². The largest absolute Gasteiger partial charge is 0.319 e. The molecule has 2 aromatic heterocycles. The van der Waals surface area contributed by atoms with E-state index < -0.39 is 26.9 Å². The zero-order chi connectivity index (χ0) is 14.0. The van der Waals surface area contributed by atoms with E-state index in [1.54, 1.807) is 18.5 Å². The van der Waals surface area contributed by atoms with Crippen LogP contribution >= 0.6 is 0 Å². The first-order valence-corrected chi connectivity index (χ1v) is 6.87. The lowest BCUT2D eigenvalue weighted by atomic mass is 10.3. The summed E-state index contributed by atoms with van der Waals surface area (Å²) in [6.45, 7) is 1.59. The third-order valence-corrected chi connectivity index (χ3v) is 3.92. The number of sulfonamides is 1. The first kappa shape index (κ1) is 13.6. The highest BCUT2D eigenvalue weighted by atomic mass is 32.2. The first-order chi connectivity index (χ1) is 8.92. The van der Waals surface area contributed by atoms with Crippen molar-refractivity contribution >= 4 is 10.0 Å². The molecule has 0 aliphatic carbocycles. The molecule has 0 saturated carbocycles. The molecule has 1 N–H and O–H groups in total. The summed E-state index contributed by atoms with van der Waals surface area (Å²) < 4.78 is 41.3. The van der Waals surface area contributed by atoms with Crippen LogP contribution in [-0.2, 0) is 17.1 Å². The molecule has 1 atom stereocenters. The number of halogens is 1. The molecule has 0 spiro atoms. The van der Waals surface area contributed by atoms with Gasteiger partial charge in [-0.15, -0.1) is 10.2 Å². The van der Waals surface area contributed by atoms with Crippen LogP contribution in [0.1, 0.15) is 18.8 Å². The van der Waals surface area contributed by atoms with Gasteiger partial charge in [0, 0.05) is 13.2 Å². The van der Waals surface area contributed by atoms with E-state index in [9.17, 15) is 12.8 Å². The Balaban J connectivity index is 2.28. The number of aromatic nitrogens is 4. The molecule has 2 aromatic rings. The second-order valence-corrected chi connectivity index (χ2v) is 5.56. The minimum Gasteiger partial charge on any atom is -0.319 e. The highest BCUT2D eigenvalue weighted by Crippen LogP contribution is 2.15. The first-order valence-electron chi connectivity index (χ1n) is 5.38. The minimum absolute atomic E-state index is 0.417. The predicted molar refractivity (Wildman–Crippen MR) is 63.9 cm³/mol. The Morgan fingerprint density at radius 2 is 2.21 bits per heavy atom. The highest BCUT2D eigenvalue weighted by Gasteiger charge is 2.24. The lowest BCUT2D eigenvalue weighted by molar-refractivity contribution is 0.528. The summed E-state index contributed by atoms with van der Waals surface area (Å²) >= 11 is 0. The Morgan fingerprint density at radius 3 is 2.79 bits per heavy atom. The maximum absolute atomic E-state index is 13.4. The van der Waals surface area contributed by atoms with Gasteiger partial charge < -0.3 is 4.57 Å². The van der Waals surface area contributed by atoms with Gasteiger partial charge in [-0.25, -0.2) is 17.8 Å². The van der Waals surface area contributed by atoms with Crippen LogP contribution < -0.4 is 4.72 Å². The highest BCUT2D eigenvalue weighted by molar-refractivity contribution is 7.89. The van der Waals surface area contributed by atoms with E-state index in [4.69, 9.17) is 0 Å². The molecule has 0 aliphatic rings. The van der Waals surface area contributed by atoms with Gasteiger partial charge in [-0.1, -0.05) is 0 Å². The number of pyridine rings is 1. The second kappa shape index (κ2) is 5.02. The monoisotopic (exact) mass is 285 g/mol. The van der Waals surface area contributed by atoms with Crippen molar-refractivity contribution < 1.29 is 12.8 Å². The van der Waals surface area contributed by atoms with Crippen LogP contribution in [0.5, 0.6) is 0 Å². The maximum atomic E-state index is 13.4. The fraction of sp³-hybridized carbons (Fsp3) is 0.300. The molecule has 7 nitrogen and oxygen atoms in total. The normalized spacial score (nSPS) is 13.4. The third kappa shape index (κ3) is 2.76.